The first kappa shape index (κ1) is 20.8. The summed E-state index contributed by atoms with van der Waals surface area (Å²) in [4.78, 5) is 6.45. The Bertz CT molecular complexity index is 1730. The van der Waals surface area contributed by atoms with Gasteiger partial charge in [0.2, 0.25) is 6.79 Å². The first-order valence-corrected chi connectivity index (χ1v) is 12.2. The maximum Gasteiger partial charge on any atom is 0.231 e. The second kappa shape index (κ2) is 8.58. The lowest BCUT2D eigenvalue weighted by molar-refractivity contribution is 0.174. The molecule has 7 rings (SSSR count). The minimum Gasteiger partial charge on any atom is -0.461 e. The Balaban J connectivity index is 1.17. The molecule has 0 spiro atoms. The highest BCUT2D eigenvalue weighted by molar-refractivity contribution is 7.99. The van der Waals surface area contributed by atoms with Gasteiger partial charge in [-0.1, -0.05) is 36.0 Å². The van der Waals surface area contributed by atoms with Gasteiger partial charge >= 0.3 is 0 Å². The Morgan fingerprint density at radius 3 is 2.58 bits per heavy atom. The van der Waals surface area contributed by atoms with E-state index in [0.29, 0.717) is 5.82 Å². The molecule has 0 saturated carbocycles. The largest absolute Gasteiger partial charge is 0.461 e. The molecule has 0 bridgehead atoms. The van der Waals surface area contributed by atoms with Gasteiger partial charge in [0.25, 0.3) is 0 Å². The number of benzene rings is 3. The molecule has 0 unspecified atom stereocenters. The summed E-state index contributed by atoms with van der Waals surface area (Å²) in [7, 11) is 0. The van der Waals surface area contributed by atoms with E-state index in [2.05, 4.69) is 38.7 Å². The number of pyridine rings is 1. The molecular weight excluding hydrogens is 472 g/mol. The van der Waals surface area contributed by atoms with Crippen LogP contribution < -0.4 is 14.8 Å². The first-order valence-electron chi connectivity index (χ1n) is 11.3. The predicted octanol–water partition coefficient (Wildman–Crippen LogP) is 7.06. The van der Waals surface area contributed by atoms with Crippen LogP contribution in [0.15, 0.2) is 106 Å². The van der Waals surface area contributed by atoms with Crippen molar-refractivity contribution in [3.63, 3.8) is 0 Å². The molecule has 3 aromatic carbocycles. The number of nitrogens with one attached hydrogen (secondary N) is 1. The number of furan rings is 1. The van der Waals surface area contributed by atoms with E-state index in [9.17, 15) is 0 Å². The van der Waals surface area contributed by atoms with Gasteiger partial charge in [0.15, 0.2) is 22.9 Å². The molecule has 8 heteroatoms. The van der Waals surface area contributed by atoms with Crippen molar-refractivity contribution in [3.05, 3.63) is 91.3 Å². The van der Waals surface area contributed by atoms with Gasteiger partial charge < -0.3 is 19.2 Å². The van der Waals surface area contributed by atoms with Crippen molar-refractivity contribution < 1.29 is 13.9 Å². The van der Waals surface area contributed by atoms with Crippen LogP contribution in [0.5, 0.6) is 11.5 Å². The number of hydrogen-bond acceptors (Lipinski definition) is 8. The second-order valence-electron chi connectivity index (χ2n) is 8.21. The summed E-state index contributed by atoms with van der Waals surface area (Å²) in [6, 6.07) is 26.0. The number of rotatable bonds is 5. The van der Waals surface area contributed by atoms with Crippen molar-refractivity contribution in [1.82, 2.24) is 15.2 Å². The number of hydrogen-bond donors (Lipinski definition) is 1. The molecule has 0 saturated heterocycles. The van der Waals surface area contributed by atoms with Crippen molar-refractivity contribution in [2.24, 2.45) is 0 Å². The lowest BCUT2D eigenvalue weighted by Crippen LogP contribution is -1.99. The monoisotopic (exact) mass is 490 g/mol. The first-order chi connectivity index (χ1) is 17.8. The Hall–Kier alpha value is -4.56. The third kappa shape index (κ3) is 3.68. The Labute approximate surface area is 210 Å². The van der Waals surface area contributed by atoms with Gasteiger partial charge in [-0.3, -0.25) is 4.98 Å². The van der Waals surface area contributed by atoms with Gasteiger partial charge in [0.05, 0.1) is 11.2 Å². The average Bonchev–Trinajstić information content (AvgIpc) is 3.60. The fourth-order valence-electron chi connectivity index (χ4n) is 4.25. The minimum absolute atomic E-state index is 0.237. The standard InChI is InChI=1S/C28H18N4O3S/c1-2-4-21-20(3-1)26(17-5-10-23-24(15-17)35-16-34-23)31-32-28(21)30-18-6-8-19(9-7-18)36-25-11-13-29-22-12-14-33-27(22)25/h1-15H,16H2,(H,30,32). The van der Waals surface area contributed by atoms with Crippen LogP contribution in [0.1, 0.15) is 0 Å². The SMILES string of the molecule is c1ccc2c(-c3ccc4c(c3)OCO4)nnc(Nc3ccc(Sc4ccnc5ccoc45)cc3)c2c1. The lowest BCUT2D eigenvalue weighted by Gasteiger charge is -2.12. The van der Waals surface area contributed by atoms with Crippen molar-refractivity contribution in [2.45, 2.75) is 9.79 Å². The molecule has 0 radical (unpaired) electrons. The smallest absolute Gasteiger partial charge is 0.231 e. The molecule has 1 N–H and O–H groups in total. The van der Waals surface area contributed by atoms with Gasteiger partial charge in [0.1, 0.15) is 11.2 Å². The third-order valence-electron chi connectivity index (χ3n) is 5.99. The molecule has 1 aliphatic heterocycles. The zero-order valence-electron chi connectivity index (χ0n) is 18.8. The van der Waals surface area contributed by atoms with Crippen LogP contribution in [0.25, 0.3) is 33.1 Å². The van der Waals surface area contributed by atoms with Crippen LogP contribution in [0.2, 0.25) is 0 Å². The topological polar surface area (TPSA) is 82.3 Å². The highest BCUT2D eigenvalue weighted by Crippen LogP contribution is 2.38. The van der Waals surface area contributed by atoms with Crippen molar-refractivity contribution >= 4 is 45.1 Å². The quantitative estimate of drug-likeness (QED) is 0.275. The summed E-state index contributed by atoms with van der Waals surface area (Å²) in [6.07, 6.45) is 3.46. The fraction of sp³-hybridized carbons (Fsp3) is 0.0357. The Morgan fingerprint density at radius 2 is 1.67 bits per heavy atom. The molecule has 6 aromatic rings. The zero-order chi connectivity index (χ0) is 23.9. The fourth-order valence-corrected chi connectivity index (χ4v) is 5.15. The molecule has 36 heavy (non-hydrogen) atoms. The van der Waals surface area contributed by atoms with Gasteiger partial charge in [-0.05, 0) is 48.5 Å². The summed E-state index contributed by atoms with van der Waals surface area (Å²) in [5.41, 5.74) is 4.30. The molecular formula is C28H18N4O3S. The lowest BCUT2D eigenvalue weighted by atomic mass is 10.0. The van der Waals surface area contributed by atoms with Crippen molar-refractivity contribution in [1.29, 1.82) is 0 Å². The van der Waals surface area contributed by atoms with E-state index in [1.165, 1.54) is 0 Å². The number of ether oxygens (including phenoxy) is 2. The molecule has 1 aliphatic rings. The van der Waals surface area contributed by atoms with E-state index < -0.39 is 0 Å². The van der Waals surface area contributed by atoms with Crippen molar-refractivity contribution in [3.8, 4) is 22.8 Å². The van der Waals surface area contributed by atoms with Gasteiger partial charge in [-0.15, -0.1) is 10.2 Å². The summed E-state index contributed by atoms with van der Waals surface area (Å²) in [5.74, 6) is 2.16. The predicted molar refractivity (Wildman–Crippen MR) is 139 cm³/mol. The highest BCUT2D eigenvalue weighted by Gasteiger charge is 2.17. The minimum atomic E-state index is 0.237. The van der Waals surface area contributed by atoms with E-state index in [-0.39, 0.29) is 6.79 Å². The maximum atomic E-state index is 5.60. The molecule has 0 atom stereocenters. The van der Waals surface area contributed by atoms with Gasteiger partial charge in [0, 0.05) is 39.2 Å². The number of aromatic nitrogens is 3. The summed E-state index contributed by atoms with van der Waals surface area (Å²) < 4.78 is 16.6. The van der Waals surface area contributed by atoms with E-state index in [1.807, 2.05) is 60.7 Å². The maximum absolute atomic E-state index is 5.60. The highest BCUT2D eigenvalue weighted by atomic mass is 32.2. The number of anilines is 2. The van der Waals surface area contributed by atoms with Crippen LogP contribution in [0.4, 0.5) is 11.5 Å². The van der Waals surface area contributed by atoms with Crippen LogP contribution in [0, 0.1) is 0 Å². The molecule has 7 nitrogen and oxygen atoms in total. The summed E-state index contributed by atoms with van der Waals surface area (Å²) >= 11 is 1.64. The van der Waals surface area contributed by atoms with Crippen LogP contribution >= 0.6 is 11.8 Å². The molecule has 0 aliphatic carbocycles. The van der Waals surface area contributed by atoms with Crippen LogP contribution in [-0.4, -0.2) is 22.0 Å². The zero-order valence-corrected chi connectivity index (χ0v) is 19.7. The summed E-state index contributed by atoms with van der Waals surface area (Å²) in [6.45, 7) is 0.237. The van der Waals surface area contributed by atoms with E-state index >= 15 is 0 Å². The average molecular weight is 491 g/mol. The van der Waals surface area contributed by atoms with Crippen LogP contribution in [0.3, 0.4) is 0 Å². The van der Waals surface area contributed by atoms with E-state index in [0.717, 1.165) is 60.1 Å². The van der Waals surface area contributed by atoms with Gasteiger partial charge in [-0.2, -0.15) is 0 Å². The number of fused-ring (bicyclic) bond motifs is 3. The Kier molecular flexibility index (Phi) is 4.96. The molecule has 0 fully saturated rings. The number of nitrogens with zero attached hydrogens (tertiary/aromatic N) is 3. The molecule has 0 amide bonds. The third-order valence-corrected chi connectivity index (χ3v) is 7.04. The second-order valence-corrected chi connectivity index (χ2v) is 9.32. The normalized spacial score (nSPS) is 12.3. The van der Waals surface area contributed by atoms with E-state index in [1.54, 1.807) is 24.2 Å². The Morgan fingerprint density at radius 1 is 0.806 bits per heavy atom. The molecule has 3 aromatic heterocycles. The van der Waals surface area contributed by atoms with Gasteiger partial charge in [-0.25, -0.2) is 0 Å². The molecule has 174 valence electrons. The molecule has 4 heterocycles. The van der Waals surface area contributed by atoms with E-state index in [4.69, 9.17) is 13.9 Å². The van der Waals surface area contributed by atoms with Crippen LogP contribution in [-0.2, 0) is 0 Å². The summed E-state index contributed by atoms with van der Waals surface area (Å²) in [5, 5.41) is 14.5. The van der Waals surface area contributed by atoms with Crippen molar-refractivity contribution in [2.75, 3.05) is 12.1 Å².